The zero-order valence-electron chi connectivity index (χ0n) is 10.9. The van der Waals surface area contributed by atoms with E-state index in [-0.39, 0.29) is 11.9 Å². The minimum absolute atomic E-state index is 0.0539. The number of esters is 1. The molecule has 2 aliphatic rings. The minimum atomic E-state index is -0.0665. The number of rotatable bonds is 3. The monoisotopic (exact) mass is 238 g/mol. The van der Waals surface area contributed by atoms with E-state index in [4.69, 9.17) is 9.73 Å². The van der Waals surface area contributed by atoms with E-state index in [1.807, 2.05) is 0 Å². The van der Waals surface area contributed by atoms with Gasteiger partial charge in [-0.1, -0.05) is 6.92 Å². The van der Waals surface area contributed by atoms with Crippen molar-refractivity contribution in [3.05, 3.63) is 0 Å². The van der Waals surface area contributed by atoms with Crippen LogP contribution >= 0.6 is 0 Å². The van der Waals surface area contributed by atoms with Crippen molar-refractivity contribution < 1.29 is 9.53 Å². The van der Waals surface area contributed by atoms with Crippen molar-refractivity contribution in [1.29, 1.82) is 0 Å². The average Bonchev–Trinajstić information content (AvgIpc) is 2.64. The van der Waals surface area contributed by atoms with Crippen LogP contribution in [-0.4, -0.2) is 37.4 Å². The number of ether oxygens (including phenoxy) is 1. The molecule has 1 N–H and O–H groups in total. The lowest BCUT2D eigenvalue weighted by molar-refractivity contribution is -0.147. The fraction of sp³-hybridized carbons (Fsp3) is 0.846. The van der Waals surface area contributed by atoms with Gasteiger partial charge in [0.25, 0.3) is 0 Å². The lowest BCUT2D eigenvalue weighted by Gasteiger charge is -2.32. The van der Waals surface area contributed by atoms with Gasteiger partial charge < -0.3 is 10.1 Å². The summed E-state index contributed by atoms with van der Waals surface area (Å²) in [7, 11) is 1.47. The van der Waals surface area contributed by atoms with E-state index < -0.39 is 0 Å². The Kier molecular flexibility index (Phi) is 3.82. The molecule has 0 aromatic rings. The fourth-order valence-electron chi connectivity index (χ4n) is 3.26. The maximum atomic E-state index is 11.6. The van der Waals surface area contributed by atoms with Gasteiger partial charge in [0.15, 0.2) is 0 Å². The largest absolute Gasteiger partial charge is 0.469 e. The Labute approximate surface area is 103 Å². The Morgan fingerprint density at radius 3 is 2.94 bits per heavy atom. The zero-order chi connectivity index (χ0) is 12.4. The second-order valence-corrected chi connectivity index (χ2v) is 5.07. The minimum Gasteiger partial charge on any atom is -0.469 e. The molecule has 96 valence electrons. The summed E-state index contributed by atoms with van der Waals surface area (Å²) in [6, 6.07) is 0.737. The summed E-state index contributed by atoms with van der Waals surface area (Å²) in [5, 5.41) is 3.50. The van der Waals surface area contributed by atoms with Gasteiger partial charge in [0.05, 0.1) is 19.1 Å². The summed E-state index contributed by atoms with van der Waals surface area (Å²) in [4.78, 5) is 16.3. The molecule has 0 bridgehead atoms. The number of nitrogens with zero attached hydrogens (tertiary/aromatic N) is 1. The Bertz CT molecular complexity index is 327. The molecule has 2 rings (SSSR count). The highest BCUT2D eigenvalue weighted by Gasteiger charge is 2.42. The Morgan fingerprint density at radius 2 is 2.29 bits per heavy atom. The van der Waals surface area contributed by atoms with E-state index in [1.54, 1.807) is 0 Å². The van der Waals surface area contributed by atoms with Crippen molar-refractivity contribution in [3.63, 3.8) is 0 Å². The number of carbonyl (C=O) groups excluding carboxylic acids is 1. The van der Waals surface area contributed by atoms with Crippen LogP contribution in [0.2, 0.25) is 0 Å². The molecule has 0 amide bonds. The van der Waals surface area contributed by atoms with Gasteiger partial charge in [-0.3, -0.25) is 9.79 Å². The molecule has 1 aliphatic carbocycles. The summed E-state index contributed by atoms with van der Waals surface area (Å²) in [6.07, 6.45) is 2.87. The van der Waals surface area contributed by atoms with Crippen molar-refractivity contribution in [2.45, 2.75) is 45.2 Å². The first-order valence-corrected chi connectivity index (χ1v) is 6.52. The summed E-state index contributed by atoms with van der Waals surface area (Å²) in [6.45, 7) is 5.20. The number of hydrogen-bond donors (Lipinski definition) is 1. The summed E-state index contributed by atoms with van der Waals surface area (Å²) >= 11 is 0. The SMILES string of the molecule is CCN[C@@H]1C(C)=N[C@@H]2C[C@@H](C(=O)OC)CC[C@H]12. The first-order chi connectivity index (χ1) is 8.17. The standard InChI is InChI=1S/C13H22N2O2/c1-4-14-12-8(2)15-11-7-9(13(16)17-3)5-6-10(11)12/h9-12,14H,4-7H2,1-3H3/t9-,10-,11+,12+/m0/s1. The normalized spacial score (nSPS) is 36.3. The lowest BCUT2D eigenvalue weighted by Crippen LogP contribution is -2.43. The van der Waals surface area contributed by atoms with Gasteiger partial charge >= 0.3 is 5.97 Å². The number of nitrogens with one attached hydrogen (secondary N) is 1. The second-order valence-electron chi connectivity index (χ2n) is 5.07. The molecule has 1 saturated carbocycles. The van der Waals surface area contributed by atoms with Gasteiger partial charge in [0.1, 0.15) is 0 Å². The maximum Gasteiger partial charge on any atom is 0.308 e. The Hall–Kier alpha value is -0.900. The summed E-state index contributed by atoms with van der Waals surface area (Å²) < 4.78 is 4.84. The quantitative estimate of drug-likeness (QED) is 0.756. The Morgan fingerprint density at radius 1 is 1.53 bits per heavy atom. The molecular weight excluding hydrogens is 216 g/mol. The van der Waals surface area contributed by atoms with E-state index >= 15 is 0 Å². The van der Waals surface area contributed by atoms with Crippen molar-refractivity contribution in [2.75, 3.05) is 13.7 Å². The third kappa shape index (κ3) is 2.37. The number of fused-ring (bicyclic) bond motifs is 1. The van der Waals surface area contributed by atoms with Gasteiger partial charge in [0, 0.05) is 17.7 Å². The third-order valence-corrected chi connectivity index (χ3v) is 4.07. The molecule has 0 unspecified atom stereocenters. The zero-order valence-corrected chi connectivity index (χ0v) is 10.9. The molecular formula is C13H22N2O2. The number of methoxy groups -OCH3 is 1. The van der Waals surface area contributed by atoms with E-state index in [9.17, 15) is 4.79 Å². The topological polar surface area (TPSA) is 50.7 Å². The van der Waals surface area contributed by atoms with Gasteiger partial charge in [-0.15, -0.1) is 0 Å². The highest BCUT2D eigenvalue weighted by Crippen LogP contribution is 2.37. The fourth-order valence-corrected chi connectivity index (χ4v) is 3.26. The van der Waals surface area contributed by atoms with Crippen molar-refractivity contribution in [2.24, 2.45) is 16.8 Å². The molecule has 1 aliphatic heterocycles. The molecule has 4 heteroatoms. The number of aliphatic imine (C=N–C) groups is 1. The lowest BCUT2D eigenvalue weighted by atomic mass is 9.76. The predicted molar refractivity (Wildman–Crippen MR) is 67.2 cm³/mol. The van der Waals surface area contributed by atoms with Crippen LogP contribution in [-0.2, 0) is 9.53 Å². The van der Waals surface area contributed by atoms with Crippen LogP contribution in [0.25, 0.3) is 0 Å². The molecule has 0 aromatic carbocycles. The molecule has 1 fully saturated rings. The van der Waals surface area contributed by atoms with E-state index in [2.05, 4.69) is 19.2 Å². The van der Waals surface area contributed by atoms with Crippen LogP contribution < -0.4 is 5.32 Å². The van der Waals surface area contributed by atoms with Crippen LogP contribution in [0, 0.1) is 11.8 Å². The van der Waals surface area contributed by atoms with Crippen LogP contribution in [0.3, 0.4) is 0 Å². The first-order valence-electron chi connectivity index (χ1n) is 6.52. The summed E-state index contributed by atoms with van der Waals surface area (Å²) in [5.41, 5.74) is 1.20. The van der Waals surface area contributed by atoms with E-state index in [0.717, 1.165) is 25.8 Å². The molecule has 0 aromatic heterocycles. The predicted octanol–water partition coefficient (Wildman–Crippen LogP) is 1.40. The molecule has 4 nitrogen and oxygen atoms in total. The average molecular weight is 238 g/mol. The molecule has 0 radical (unpaired) electrons. The molecule has 0 spiro atoms. The number of hydrogen-bond acceptors (Lipinski definition) is 4. The van der Waals surface area contributed by atoms with E-state index in [1.165, 1.54) is 12.8 Å². The van der Waals surface area contributed by atoms with Gasteiger partial charge in [-0.2, -0.15) is 0 Å². The van der Waals surface area contributed by atoms with Crippen molar-refractivity contribution in [1.82, 2.24) is 5.32 Å². The van der Waals surface area contributed by atoms with Gasteiger partial charge in [-0.05, 0) is 32.7 Å². The van der Waals surface area contributed by atoms with Crippen LogP contribution in [0.15, 0.2) is 4.99 Å². The van der Waals surface area contributed by atoms with Crippen molar-refractivity contribution >= 4 is 11.7 Å². The highest BCUT2D eigenvalue weighted by molar-refractivity contribution is 5.89. The number of carbonyl (C=O) groups is 1. The highest BCUT2D eigenvalue weighted by atomic mass is 16.5. The Balaban J connectivity index is 2.02. The molecule has 0 saturated heterocycles. The van der Waals surface area contributed by atoms with Crippen LogP contribution in [0.5, 0.6) is 0 Å². The smallest absolute Gasteiger partial charge is 0.308 e. The second kappa shape index (κ2) is 5.17. The van der Waals surface area contributed by atoms with E-state index in [0.29, 0.717) is 18.0 Å². The molecule has 4 atom stereocenters. The maximum absolute atomic E-state index is 11.6. The van der Waals surface area contributed by atoms with Gasteiger partial charge in [0.2, 0.25) is 0 Å². The first kappa shape index (κ1) is 12.6. The van der Waals surface area contributed by atoms with Crippen molar-refractivity contribution in [3.8, 4) is 0 Å². The van der Waals surface area contributed by atoms with Gasteiger partial charge in [-0.25, -0.2) is 0 Å². The van der Waals surface area contributed by atoms with Crippen LogP contribution in [0.4, 0.5) is 0 Å². The molecule has 17 heavy (non-hydrogen) atoms. The summed E-state index contributed by atoms with van der Waals surface area (Å²) in [5.74, 6) is 0.567. The van der Waals surface area contributed by atoms with Crippen LogP contribution in [0.1, 0.15) is 33.1 Å². The third-order valence-electron chi connectivity index (χ3n) is 4.07. The molecule has 1 heterocycles.